The summed E-state index contributed by atoms with van der Waals surface area (Å²) in [7, 11) is 0. The van der Waals surface area contributed by atoms with E-state index in [1.165, 1.54) is 6.20 Å². The Hall–Kier alpha value is -2.14. The van der Waals surface area contributed by atoms with E-state index in [1.807, 2.05) is 24.3 Å². The highest BCUT2D eigenvalue weighted by molar-refractivity contribution is 6.04. The van der Waals surface area contributed by atoms with Crippen LogP contribution in [0.15, 0.2) is 30.5 Å². The number of aromatic nitrogens is 1. The number of nitrogens with zero attached hydrogens (tertiary/aromatic N) is 2. The molecule has 0 amide bonds. The fraction of sp³-hybridized carbons (Fsp3) is 0.333. The first kappa shape index (κ1) is 12.9. The number of rotatable bonds is 2. The SMILES string of the molecule is NC1CCN(c2c(C(=O)O)cnc3ccccc23)CC1. The van der Waals surface area contributed by atoms with Crippen LogP contribution in [0.25, 0.3) is 10.9 Å². The third kappa shape index (κ3) is 2.20. The normalized spacial score (nSPS) is 16.6. The molecule has 0 saturated carbocycles. The fourth-order valence-corrected chi connectivity index (χ4v) is 2.75. The molecular formula is C15H17N3O2. The highest BCUT2D eigenvalue weighted by atomic mass is 16.4. The summed E-state index contributed by atoms with van der Waals surface area (Å²) in [5.41, 5.74) is 7.79. The van der Waals surface area contributed by atoms with Crippen LogP contribution in [0.1, 0.15) is 23.2 Å². The van der Waals surface area contributed by atoms with E-state index in [2.05, 4.69) is 9.88 Å². The molecule has 3 N–H and O–H groups in total. The van der Waals surface area contributed by atoms with Gasteiger partial charge in [0, 0.05) is 30.7 Å². The second-order valence-electron chi connectivity index (χ2n) is 5.17. The molecule has 2 aromatic rings. The van der Waals surface area contributed by atoms with E-state index in [-0.39, 0.29) is 11.6 Å². The summed E-state index contributed by atoms with van der Waals surface area (Å²) in [4.78, 5) is 17.8. The number of aromatic carboxylic acids is 1. The van der Waals surface area contributed by atoms with E-state index >= 15 is 0 Å². The summed E-state index contributed by atoms with van der Waals surface area (Å²) in [5, 5.41) is 10.3. The molecule has 1 aromatic heterocycles. The quantitative estimate of drug-likeness (QED) is 0.871. The van der Waals surface area contributed by atoms with Crippen molar-refractivity contribution in [2.75, 3.05) is 18.0 Å². The average molecular weight is 271 g/mol. The van der Waals surface area contributed by atoms with E-state index in [0.29, 0.717) is 0 Å². The number of pyridine rings is 1. The molecule has 2 heterocycles. The number of carboxylic acid groups (broad SMARTS) is 1. The molecule has 1 saturated heterocycles. The molecule has 104 valence electrons. The summed E-state index contributed by atoms with van der Waals surface area (Å²) in [6.07, 6.45) is 3.22. The molecule has 5 heteroatoms. The van der Waals surface area contributed by atoms with Gasteiger partial charge in [-0.2, -0.15) is 0 Å². The Morgan fingerprint density at radius 2 is 2.00 bits per heavy atom. The second-order valence-corrected chi connectivity index (χ2v) is 5.17. The molecule has 1 aliphatic rings. The minimum atomic E-state index is -0.937. The van der Waals surface area contributed by atoms with Crippen LogP contribution >= 0.6 is 0 Å². The Kier molecular flexibility index (Phi) is 3.28. The third-order valence-electron chi connectivity index (χ3n) is 3.83. The Labute approximate surface area is 117 Å². The van der Waals surface area contributed by atoms with Gasteiger partial charge in [0.1, 0.15) is 5.56 Å². The van der Waals surface area contributed by atoms with E-state index in [0.717, 1.165) is 42.5 Å². The number of carbonyl (C=O) groups is 1. The van der Waals surface area contributed by atoms with Crippen molar-refractivity contribution in [3.8, 4) is 0 Å². The van der Waals surface area contributed by atoms with Crippen LogP contribution in [0.3, 0.4) is 0 Å². The third-order valence-corrected chi connectivity index (χ3v) is 3.83. The van der Waals surface area contributed by atoms with Gasteiger partial charge in [-0.05, 0) is 18.9 Å². The van der Waals surface area contributed by atoms with E-state index in [4.69, 9.17) is 5.73 Å². The van der Waals surface area contributed by atoms with Gasteiger partial charge in [0.15, 0.2) is 0 Å². The van der Waals surface area contributed by atoms with Crippen molar-refractivity contribution in [3.05, 3.63) is 36.0 Å². The van der Waals surface area contributed by atoms with Crippen LogP contribution < -0.4 is 10.6 Å². The van der Waals surface area contributed by atoms with Gasteiger partial charge < -0.3 is 15.7 Å². The Morgan fingerprint density at radius 3 is 2.70 bits per heavy atom. The van der Waals surface area contributed by atoms with Crippen LogP contribution in [-0.2, 0) is 0 Å². The zero-order chi connectivity index (χ0) is 14.1. The maximum atomic E-state index is 11.5. The number of carboxylic acids is 1. The lowest BCUT2D eigenvalue weighted by atomic mass is 10.0. The molecular weight excluding hydrogens is 254 g/mol. The first-order valence-corrected chi connectivity index (χ1v) is 6.78. The van der Waals surface area contributed by atoms with E-state index in [9.17, 15) is 9.90 Å². The number of nitrogens with two attached hydrogens (primary N) is 1. The number of benzene rings is 1. The number of fused-ring (bicyclic) bond motifs is 1. The van der Waals surface area contributed by atoms with Crippen molar-refractivity contribution >= 4 is 22.6 Å². The van der Waals surface area contributed by atoms with Gasteiger partial charge in [0.2, 0.25) is 0 Å². The molecule has 5 nitrogen and oxygen atoms in total. The summed E-state index contributed by atoms with van der Waals surface area (Å²) in [6.45, 7) is 1.57. The maximum absolute atomic E-state index is 11.5. The van der Waals surface area contributed by atoms with Crippen molar-refractivity contribution in [3.63, 3.8) is 0 Å². The van der Waals surface area contributed by atoms with Crippen molar-refractivity contribution in [2.45, 2.75) is 18.9 Å². The standard InChI is InChI=1S/C15H17N3O2/c16-10-5-7-18(8-6-10)14-11-3-1-2-4-13(11)17-9-12(14)15(19)20/h1-4,9-10H,5-8,16H2,(H,19,20). The lowest BCUT2D eigenvalue weighted by Crippen LogP contribution is -2.40. The first-order valence-electron chi connectivity index (χ1n) is 6.78. The van der Waals surface area contributed by atoms with Gasteiger partial charge in [0.25, 0.3) is 0 Å². The molecule has 0 spiro atoms. The first-order chi connectivity index (χ1) is 9.66. The van der Waals surface area contributed by atoms with Gasteiger partial charge in [-0.1, -0.05) is 18.2 Å². The summed E-state index contributed by atoms with van der Waals surface area (Å²) in [6, 6.07) is 7.87. The van der Waals surface area contributed by atoms with Crippen LogP contribution in [0, 0.1) is 0 Å². The molecule has 20 heavy (non-hydrogen) atoms. The minimum Gasteiger partial charge on any atom is -0.478 e. The van der Waals surface area contributed by atoms with Crippen molar-refractivity contribution in [2.24, 2.45) is 5.73 Å². The largest absolute Gasteiger partial charge is 0.478 e. The monoisotopic (exact) mass is 271 g/mol. The zero-order valence-corrected chi connectivity index (χ0v) is 11.1. The Bertz CT molecular complexity index is 649. The lowest BCUT2D eigenvalue weighted by Gasteiger charge is -2.33. The van der Waals surface area contributed by atoms with Gasteiger partial charge in [-0.25, -0.2) is 4.79 Å². The van der Waals surface area contributed by atoms with Crippen LogP contribution in [0.2, 0.25) is 0 Å². The maximum Gasteiger partial charge on any atom is 0.339 e. The molecule has 1 fully saturated rings. The molecule has 0 radical (unpaired) electrons. The molecule has 3 rings (SSSR count). The molecule has 1 aliphatic heterocycles. The Morgan fingerprint density at radius 1 is 1.30 bits per heavy atom. The Balaban J connectivity index is 2.15. The smallest absolute Gasteiger partial charge is 0.339 e. The molecule has 0 atom stereocenters. The number of hydrogen-bond donors (Lipinski definition) is 2. The molecule has 1 aromatic carbocycles. The van der Waals surface area contributed by atoms with Crippen molar-refractivity contribution < 1.29 is 9.90 Å². The summed E-state index contributed by atoms with van der Waals surface area (Å²) < 4.78 is 0. The topological polar surface area (TPSA) is 79.5 Å². The van der Waals surface area contributed by atoms with Gasteiger partial charge in [0.05, 0.1) is 11.2 Å². The number of hydrogen-bond acceptors (Lipinski definition) is 4. The summed E-state index contributed by atoms with van der Waals surface area (Å²) >= 11 is 0. The van der Waals surface area contributed by atoms with Gasteiger partial charge in [-0.15, -0.1) is 0 Å². The zero-order valence-electron chi connectivity index (χ0n) is 11.1. The highest BCUT2D eigenvalue weighted by Gasteiger charge is 2.23. The molecule has 0 bridgehead atoms. The second kappa shape index (κ2) is 5.09. The van der Waals surface area contributed by atoms with E-state index < -0.39 is 5.97 Å². The average Bonchev–Trinajstić information content (AvgIpc) is 2.47. The van der Waals surface area contributed by atoms with Crippen molar-refractivity contribution in [1.29, 1.82) is 0 Å². The molecule has 0 aliphatic carbocycles. The lowest BCUT2D eigenvalue weighted by molar-refractivity contribution is 0.0697. The summed E-state index contributed by atoms with van der Waals surface area (Å²) in [5.74, 6) is -0.937. The van der Waals surface area contributed by atoms with Gasteiger partial charge >= 0.3 is 5.97 Å². The molecule has 0 unspecified atom stereocenters. The highest BCUT2D eigenvalue weighted by Crippen LogP contribution is 2.31. The predicted octanol–water partition coefficient (Wildman–Crippen LogP) is 1.86. The fourth-order valence-electron chi connectivity index (χ4n) is 2.75. The van der Waals surface area contributed by atoms with Crippen LogP contribution in [0.4, 0.5) is 5.69 Å². The van der Waals surface area contributed by atoms with Gasteiger partial charge in [-0.3, -0.25) is 4.98 Å². The number of anilines is 1. The minimum absolute atomic E-state index is 0.215. The van der Waals surface area contributed by atoms with Crippen LogP contribution in [0.5, 0.6) is 0 Å². The van der Waals surface area contributed by atoms with E-state index in [1.54, 1.807) is 0 Å². The number of para-hydroxylation sites is 1. The van der Waals surface area contributed by atoms with Crippen LogP contribution in [-0.4, -0.2) is 35.2 Å². The predicted molar refractivity (Wildman–Crippen MR) is 78.1 cm³/mol. The van der Waals surface area contributed by atoms with Crippen molar-refractivity contribution in [1.82, 2.24) is 4.98 Å². The number of piperidine rings is 1.